The predicted molar refractivity (Wildman–Crippen MR) is 103 cm³/mol. The van der Waals surface area contributed by atoms with Crippen LogP contribution in [-0.2, 0) is 0 Å². The van der Waals surface area contributed by atoms with Gasteiger partial charge in [0, 0.05) is 15.5 Å². The van der Waals surface area contributed by atoms with Crippen LogP contribution in [0.15, 0.2) is 64.4 Å². The monoisotopic (exact) mass is 324 g/mol. The quantitative estimate of drug-likeness (QED) is 0.784. The molecule has 0 radical (unpaired) electrons. The molecule has 23 heavy (non-hydrogen) atoms. The average molecular weight is 324 g/mol. The van der Waals surface area contributed by atoms with E-state index in [-0.39, 0.29) is 0 Å². The van der Waals surface area contributed by atoms with Crippen molar-refractivity contribution in [1.82, 2.24) is 0 Å². The molecule has 0 amide bonds. The highest BCUT2D eigenvalue weighted by Gasteiger charge is 2.23. The minimum Gasteiger partial charge on any atom is -0.398 e. The second-order valence-corrected chi connectivity index (χ2v) is 9.18. The first-order valence-corrected chi connectivity index (χ1v) is 9.90. The Labute approximate surface area is 140 Å². The van der Waals surface area contributed by atoms with Crippen LogP contribution in [0.4, 0.5) is 5.69 Å². The molecular formula is C20H24N2S. The van der Waals surface area contributed by atoms with Crippen molar-refractivity contribution in [1.29, 1.82) is 0 Å². The van der Waals surface area contributed by atoms with E-state index in [1.165, 1.54) is 22.3 Å². The van der Waals surface area contributed by atoms with Crippen LogP contribution in [-0.4, -0.2) is 6.26 Å². The third kappa shape index (κ3) is 2.94. The zero-order valence-electron chi connectivity index (χ0n) is 14.0. The molecule has 0 bridgehead atoms. The Morgan fingerprint density at radius 1 is 1.09 bits per heavy atom. The summed E-state index contributed by atoms with van der Waals surface area (Å²) in [5.74, 6) is 0. The van der Waals surface area contributed by atoms with Crippen molar-refractivity contribution in [3.05, 3.63) is 71.3 Å². The molecule has 1 atom stereocenters. The average Bonchev–Trinajstić information content (AvgIpc) is 3.01. The summed E-state index contributed by atoms with van der Waals surface area (Å²) in [4.78, 5) is 2.22. The maximum absolute atomic E-state index is 6.81. The summed E-state index contributed by atoms with van der Waals surface area (Å²) in [6.45, 7) is 4.20. The van der Waals surface area contributed by atoms with Crippen LogP contribution in [0.5, 0.6) is 0 Å². The van der Waals surface area contributed by atoms with Gasteiger partial charge in [0.05, 0.1) is 0 Å². The van der Waals surface area contributed by atoms with Crippen molar-refractivity contribution in [2.45, 2.75) is 30.1 Å². The smallest absolute Gasteiger partial charge is 0.0454 e. The van der Waals surface area contributed by atoms with Crippen LogP contribution in [0.2, 0.25) is 0 Å². The molecule has 3 heteroatoms. The first kappa shape index (κ1) is 15.9. The number of benzene rings is 2. The zero-order chi connectivity index (χ0) is 16.6. The summed E-state index contributed by atoms with van der Waals surface area (Å²) in [6, 6.07) is 12.7. The number of hydrogen-bond acceptors (Lipinski definition) is 2. The van der Waals surface area contributed by atoms with Crippen molar-refractivity contribution >= 4 is 21.5 Å². The third-order valence-corrected chi connectivity index (χ3v) is 6.88. The van der Waals surface area contributed by atoms with E-state index in [4.69, 9.17) is 10.9 Å². The topological polar surface area (TPSA) is 52.0 Å². The van der Waals surface area contributed by atoms with Gasteiger partial charge in [0.15, 0.2) is 0 Å². The number of nitrogens with two attached hydrogens (primary N) is 2. The van der Waals surface area contributed by atoms with Gasteiger partial charge in [-0.3, -0.25) is 5.14 Å². The molecule has 2 aromatic carbocycles. The lowest BCUT2D eigenvalue weighted by Crippen LogP contribution is -2.13. The lowest BCUT2D eigenvalue weighted by molar-refractivity contribution is 1.28. The fourth-order valence-electron chi connectivity index (χ4n) is 3.05. The molecule has 0 aromatic heterocycles. The second-order valence-electron chi connectivity index (χ2n) is 6.30. The molecule has 4 N–H and O–H groups in total. The van der Waals surface area contributed by atoms with E-state index in [2.05, 4.69) is 74.7 Å². The Morgan fingerprint density at radius 2 is 1.87 bits per heavy atom. The van der Waals surface area contributed by atoms with Gasteiger partial charge in [0.25, 0.3) is 0 Å². The largest absolute Gasteiger partial charge is 0.398 e. The van der Waals surface area contributed by atoms with Gasteiger partial charge in [-0.1, -0.05) is 35.9 Å². The molecule has 0 heterocycles. The van der Waals surface area contributed by atoms with Gasteiger partial charge < -0.3 is 5.73 Å². The van der Waals surface area contributed by atoms with Crippen LogP contribution >= 0.6 is 10.2 Å². The van der Waals surface area contributed by atoms with E-state index in [1.54, 1.807) is 0 Å². The lowest BCUT2D eigenvalue weighted by Gasteiger charge is -2.34. The molecule has 0 spiro atoms. The van der Waals surface area contributed by atoms with E-state index in [1.807, 2.05) is 0 Å². The standard InChI is InChI=1S/C20H24N2S/c1-14-7-6-10-17(11-14)23(3,22)20-13-18(15(2)12-19(20)21)16-8-4-5-9-16/h4,6-13H,5,21-22H2,1-3H3. The highest BCUT2D eigenvalue weighted by molar-refractivity contribution is 8.31. The van der Waals surface area contributed by atoms with Crippen LogP contribution in [0.1, 0.15) is 23.1 Å². The van der Waals surface area contributed by atoms with Gasteiger partial charge in [-0.25, -0.2) is 0 Å². The van der Waals surface area contributed by atoms with Gasteiger partial charge in [-0.2, -0.15) is 0 Å². The first-order valence-electron chi connectivity index (χ1n) is 7.79. The second kappa shape index (κ2) is 5.91. The normalized spacial score (nSPS) is 17.7. The Balaban J connectivity index is 2.15. The number of nitrogen functional groups attached to an aromatic ring is 1. The molecule has 120 valence electrons. The molecule has 0 saturated heterocycles. The van der Waals surface area contributed by atoms with Gasteiger partial charge in [-0.05, 0) is 67.5 Å². The predicted octanol–water partition coefficient (Wildman–Crippen LogP) is 4.96. The first-order chi connectivity index (χ1) is 10.9. The van der Waals surface area contributed by atoms with Crippen LogP contribution in [0.3, 0.4) is 0 Å². The van der Waals surface area contributed by atoms with E-state index in [9.17, 15) is 0 Å². The number of rotatable bonds is 3. The SMILES string of the molecule is Cc1cccc(S(C)(N)c2cc(C3=CCC=C3)c(C)cc2N)c1. The maximum atomic E-state index is 6.81. The van der Waals surface area contributed by atoms with E-state index in [0.717, 1.165) is 21.9 Å². The van der Waals surface area contributed by atoms with Crippen molar-refractivity contribution in [3.63, 3.8) is 0 Å². The van der Waals surface area contributed by atoms with Gasteiger partial charge in [-0.15, -0.1) is 10.2 Å². The van der Waals surface area contributed by atoms with E-state index in [0.29, 0.717) is 0 Å². The van der Waals surface area contributed by atoms with E-state index >= 15 is 0 Å². The van der Waals surface area contributed by atoms with E-state index < -0.39 is 10.2 Å². The van der Waals surface area contributed by atoms with Crippen molar-refractivity contribution in [2.24, 2.45) is 5.14 Å². The molecular weight excluding hydrogens is 300 g/mol. The molecule has 0 saturated carbocycles. The Kier molecular flexibility index (Phi) is 4.09. The van der Waals surface area contributed by atoms with Crippen LogP contribution in [0, 0.1) is 13.8 Å². The zero-order valence-corrected chi connectivity index (χ0v) is 14.8. The van der Waals surface area contributed by atoms with Crippen LogP contribution < -0.4 is 10.9 Å². The molecule has 1 aliphatic carbocycles. The van der Waals surface area contributed by atoms with Crippen LogP contribution in [0.25, 0.3) is 5.57 Å². The summed E-state index contributed by atoms with van der Waals surface area (Å²) in [6.07, 6.45) is 9.72. The molecule has 0 aliphatic heterocycles. The number of allylic oxidation sites excluding steroid dienone is 4. The summed E-state index contributed by atoms with van der Waals surface area (Å²) in [7, 11) is -1.64. The van der Waals surface area contributed by atoms with Crippen molar-refractivity contribution < 1.29 is 0 Å². The molecule has 1 aliphatic rings. The molecule has 2 nitrogen and oxygen atoms in total. The number of aryl methyl sites for hydroxylation is 2. The van der Waals surface area contributed by atoms with Crippen molar-refractivity contribution in [2.75, 3.05) is 12.0 Å². The lowest BCUT2D eigenvalue weighted by atomic mass is 10.0. The highest BCUT2D eigenvalue weighted by Crippen LogP contribution is 2.56. The van der Waals surface area contributed by atoms with Crippen molar-refractivity contribution in [3.8, 4) is 0 Å². The minimum absolute atomic E-state index is 0.787. The Hall–Kier alpha value is -1.97. The van der Waals surface area contributed by atoms with Gasteiger partial charge in [0.2, 0.25) is 0 Å². The van der Waals surface area contributed by atoms with Gasteiger partial charge in [0.1, 0.15) is 0 Å². The summed E-state index contributed by atoms with van der Waals surface area (Å²) >= 11 is 0. The summed E-state index contributed by atoms with van der Waals surface area (Å²) in [5.41, 5.74) is 12.1. The minimum atomic E-state index is -1.64. The fourth-order valence-corrected chi connectivity index (χ4v) is 5.01. The molecule has 3 rings (SSSR count). The molecule has 2 aromatic rings. The summed E-state index contributed by atoms with van der Waals surface area (Å²) < 4.78 is 0. The highest BCUT2D eigenvalue weighted by atomic mass is 32.3. The fraction of sp³-hybridized carbons (Fsp3) is 0.200. The third-order valence-electron chi connectivity index (χ3n) is 4.38. The number of hydrogen-bond donors (Lipinski definition) is 2. The maximum Gasteiger partial charge on any atom is 0.0454 e. The van der Waals surface area contributed by atoms with Gasteiger partial charge >= 0.3 is 0 Å². The summed E-state index contributed by atoms with van der Waals surface area (Å²) in [5, 5.41) is 6.81. The molecule has 1 unspecified atom stereocenters. The molecule has 0 fully saturated rings. The Bertz CT molecular complexity index is 816. The number of anilines is 1. The Morgan fingerprint density at radius 3 is 2.52 bits per heavy atom.